The molecule has 0 amide bonds. The zero-order chi connectivity index (χ0) is 11.2. The van der Waals surface area contributed by atoms with Gasteiger partial charge in [0.1, 0.15) is 0 Å². The molecule has 0 heterocycles. The third-order valence-electron chi connectivity index (χ3n) is 2.17. The number of carbonyl (C=O) groups is 1. The Hall–Kier alpha value is -0.570. The molecule has 0 saturated carbocycles. The van der Waals surface area contributed by atoms with Gasteiger partial charge in [-0.1, -0.05) is 20.8 Å². The standard InChI is InChI=1S/C11H23NO2/c1-11(2,3)7-9-12(4)8-6-10(13)14-5/h6-9H2,1-5H3. The lowest BCUT2D eigenvalue weighted by atomic mass is 9.92. The second-order valence-corrected chi connectivity index (χ2v) is 4.94. The van der Waals surface area contributed by atoms with E-state index in [1.807, 2.05) is 7.05 Å². The first-order valence-electron chi connectivity index (χ1n) is 5.10. The number of hydrogen-bond acceptors (Lipinski definition) is 3. The van der Waals surface area contributed by atoms with Crippen molar-refractivity contribution in [1.82, 2.24) is 4.90 Å². The van der Waals surface area contributed by atoms with Crippen LogP contribution in [0.5, 0.6) is 0 Å². The first kappa shape index (κ1) is 13.4. The quantitative estimate of drug-likeness (QED) is 0.636. The maximum Gasteiger partial charge on any atom is 0.306 e. The largest absolute Gasteiger partial charge is 0.469 e. The van der Waals surface area contributed by atoms with Crippen LogP contribution >= 0.6 is 0 Å². The zero-order valence-electron chi connectivity index (χ0n) is 10.1. The molecule has 0 radical (unpaired) electrons. The Bertz CT molecular complexity index is 173. The van der Waals surface area contributed by atoms with Gasteiger partial charge in [-0.25, -0.2) is 0 Å². The lowest BCUT2D eigenvalue weighted by Gasteiger charge is -2.23. The minimum Gasteiger partial charge on any atom is -0.469 e. The van der Waals surface area contributed by atoms with Gasteiger partial charge in [0.05, 0.1) is 13.5 Å². The third kappa shape index (κ3) is 8.05. The van der Waals surface area contributed by atoms with Gasteiger partial charge in [0.25, 0.3) is 0 Å². The summed E-state index contributed by atoms with van der Waals surface area (Å²) < 4.78 is 4.58. The van der Waals surface area contributed by atoms with E-state index in [0.717, 1.165) is 19.5 Å². The molecule has 0 unspecified atom stereocenters. The Morgan fingerprint density at radius 2 is 1.86 bits per heavy atom. The Kier molecular flexibility index (Phi) is 5.77. The van der Waals surface area contributed by atoms with E-state index < -0.39 is 0 Å². The van der Waals surface area contributed by atoms with Crippen molar-refractivity contribution < 1.29 is 9.53 Å². The lowest BCUT2D eigenvalue weighted by molar-refractivity contribution is -0.140. The highest BCUT2D eigenvalue weighted by atomic mass is 16.5. The molecule has 0 atom stereocenters. The summed E-state index contributed by atoms with van der Waals surface area (Å²) in [5, 5.41) is 0. The molecule has 0 spiro atoms. The number of ether oxygens (including phenoxy) is 1. The molecular weight excluding hydrogens is 178 g/mol. The molecule has 0 N–H and O–H groups in total. The summed E-state index contributed by atoms with van der Waals surface area (Å²) in [5.74, 6) is -0.132. The summed E-state index contributed by atoms with van der Waals surface area (Å²) in [6, 6.07) is 0. The van der Waals surface area contributed by atoms with Crippen molar-refractivity contribution in [2.45, 2.75) is 33.6 Å². The minimum absolute atomic E-state index is 0.132. The molecule has 0 aliphatic rings. The number of hydrogen-bond donors (Lipinski definition) is 0. The normalized spacial score (nSPS) is 11.9. The van der Waals surface area contributed by atoms with Crippen LogP contribution in [-0.4, -0.2) is 38.1 Å². The second kappa shape index (κ2) is 6.02. The molecule has 0 aliphatic heterocycles. The smallest absolute Gasteiger partial charge is 0.306 e. The van der Waals surface area contributed by atoms with Crippen LogP contribution in [0.2, 0.25) is 0 Å². The summed E-state index contributed by atoms with van der Waals surface area (Å²) >= 11 is 0. The number of rotatable bonds is 5. The van der Waals surface area contributed by atoms with Gasteiger partial charge in [-0.05, 0) is 25.4 Å². The molecule has 0 bridgehead atoms. The van der Waals surface area contributed by atoms with Crippen LogP contribution in [0.3, 0.4) is 0 Å². The third-order valence-corrected chi connectivity index (χ3v) is 2.17. The van der Waals surface area contributed by atoms with Gasteiger partial charge in [0, 0.05) is 6.54 Å². The average molecular weight is 201 g/mol. The molecule has 3 nitrogen and oxygen atoms in total. The van der Waals surface area contributed by atoms with E-state index in [2.05, 4.69) is 30.4 Å². The van der Waals surface area contributed by atoms with E-state index in [9.17, 15) is 4.79 Å². The second-order valence-electron chi connectivity index (χ2n) is 4.94. The van der Waals surface area contributed by atoms with Gasteiger partial charge in [-0.15, -0.1) is 0 Å². The molecule has 0 aromatic carbocycles. The highest BCUT2D eigenvalue weighted by Gasteiger charge is 2.11. The van der Waals surface area contributed by atoms with Gasteiger partial charge < -0.3 is 9.64 Å². The van der Waals surface area contributed by atoms with Crippen LogP contribution < -0.4 is 0 Å². The number of carbonyl (C=O) groups excluding carboxylic acids is 1. The SMILES string of the molecule is COC(=O)CCN(C)CCC(C)(C)C. The Balaban J connectivity index is 3.56. The van der Waals surface area contributed by atoms with Crippen LogP contribution in [0.25, 0.3) is 0 Å². The molecule has 0 aromatic heterocycles. The maximum atomic E-state index is 10.9. The van der Waals surface area contributed by atoms with Crippen molar-refractivity contribution in [2.75, 3.05) is 27.2 Å². The van der Waals surface area contributed by atoms with Gasteiger partial charge >= 0.3 is 5.97 Å². The molecular formula is C11H23NO2. The molecule has 0 aromatic rings. The lowest BCUT2D eigenvalue weighted by Crippen LogP contribution is -2.26. The number of methoxy groups -OCH3 is 1. The number of esters is 1. The van der Waals surface area contributed by atoms with Crippen LogP contribution in [0.15, 0.2) is 0 Å². The fourth-order valence-corrected chi connectivity index (χ4v) is 1.02. The number of nitrogens with zero attached hydrogens (tertiary/aromatic N) is 1. The van der Waals surface area contributed by atoms with Crippen LogP contribution in [0.4, 0.5) is 0 Å². The van der Waals surface area contributed by atoms with Crippen molar-refractivity contribution in [2.24, 2.45) is 5.41 Å². The van der Waals surface area contributed by atoms with E-state index in [1.165, 1.54) is 7.11 Å². The van der Waals surface area contributed by atoms with E-state index in [4.69, 9.17) is 0 Å². The van der Waals surface area contributed by atoms with Gasteiger partial charge in [-0.3, -0.25) is 4.79 Å². The first-order valence-corrected chi connectivity index (χ1v) is 5.10. The molecule has 3 heteroatoms. The van der Waals surface area contributed by atoms with Crippen molar-refractivity contribution in [1.29, 1.82) is 0 Å². The van der Waals surface area contributed by atoms with Crippen LogP contribution in [0, 0.1) is 5.41 Å². The van der Waals surface area contributed by atoms with Crippen molar-refractivity contribution >= 4 is 5.97 Å². The van der Waals surface area contributed by atoms with E-state index in [-0.39, 0.29) is 5.97 Å². The topological polar surface area (TPSA) is 29.5 Å². The molecule has 14 heavy (non-hydrogen) atoms. The Morgan fingerprint density at radius 1 is 1.29 bits per heavy atom. The fourth-order valence-electron chi connectivity index (χ4n) is 1.02. The van der Waals surface area contributed by atoms with Crippen LogP contribution in [0.1, 0.15) is 33.6 Å². The van der Waals surface area contributed by atoms with Gasteiger partial charge in [0.15, 0.2) is 0 Å². The van der Waals surface area contributed by atoms with Crippen molar-refractivity contribution in [3.8, 4) is 0 Å². The molecule has 0 fully saturated rings. The highest BCUT2D eigenvalue weighted by molar-refractivity contribution is 5.69. The predicted octanol–water partition coefficient (Wildman–Crippen LogP) is 1.92. The Morgan fingerprint density at radius 3 is 2.29 bits per heavy atom. The monoisotopic (exact) mass is 201 g/mol. The average Bonchev–Trinajstić information content (AvgIpc) is 2.09. The van der Waals surface area contributed by atoms with Crippen molar-refractivity contribution in [3.63, 3.8) is 0 Å². The molecule has 84 valence electrons. The summed E-state index contributed by atoms with van der Waals surface area (Å²) in [7, 11) is 3.46. The van der Waals surface area contributed by atoms with E-state index in [1.54, 1.807) is 0 Å². The van der Waals surface area contributed by atoms with Crippen molar-refractivity contribution in [3.05, 3.63) is 0 Å². The van der Waals surface area contributed by atoms with Gasteiger partial charge in [-0.2, -0.15) is 0 Å². The summed E-state index contributed by atoms with van der Waals surface area (Å²) in [6.45, 7) is 8.48. The van der Waals surface area contributed by atoms with E-state index in [0.29, 0.717) is 11.8 Å². The first-order chi connectivity index (χ1) is 6.35. The maximum absolute atomic E-state index is 10.9. The van der Waals surface area contributed by atoms with E-state index >= 15 is 0 Å². The molecule has 0 aliphatic carbocycles. The fraction of sp³-hybridized carbons (Fsp3) is 0.909. The van der Waals surface area contributed by atoms with Crippen LogP contribution in [-0.2, 0) is 9.53 Å². The molecule has 0 saturated heterocycles. The highest BCUT2D eigenvalue weighted by Crippen LogP contribution is 2.18. The minimum atomic E-state index is -0.132. The summed E-state index contributed by atoms with van der Waals surface area (Å²) in [4.78, 5) is 13.0. The summed E-state index contributed by atoms with van der Waals surface area (Å²) in [5.41, 5.74) is 0.361. The zero-order valence-corrected chi connectivity index (χ0v) is 10.1. The Labute approximate surface area is 87.4 Å². The summed E-state index contributed by atoms with van der Waals surface area (Å²) in [6.07, 6.45) is 1.63. The molecule has 0 rings (SSSR count). The predicted molar refractivity (Wildman–Crippen MR) is 58.2 cm³/mol. The van der Waals surface area contributed by atoms with Gasteiger partial charge in [0.2, 0.25) is 0 Å².